The van der Waals surface area contributed by atoms with Gasteiger partial charge in [-0.3, -0.25) is 4.90 Å². The number of ether oxygens (including phenoxy) is 1. The molecule has 0 spiro atoms. The van der Waals surface area contributed by atoms with Gasteiger partial charge in [-0.2, -0.15) is 0 Å². The van der Waals surface area contributed by atoms with Gasteiger partial charge in [0.05, 0.1) is 17.1 Å². The van der Waals surface area contributed by atoms with Crippen LogP contribution in [0.5, 0.6) is 28.7 Å². The molecule has 0 atom stereocenters. The topological polar surface area (TPSA) is 73.2 Å². The van der Waals surface area contributed by atoms with E-state index in [2.05, 4.69) is 0 Å². The summed E-state index contributed by atoms with van der Waals surface area (Å²) >= 11 is 0. The van der Waals surface area contributed by atoms with Gasteiger partial charge in [0, 0.05) is 6.07 Å². The molecular formula is C29H29NO4. The van der Waals surface area contributed by atoms with E-state index in [1.54, 1.807) is 24.3 Å². The van der Waals surface area contributed by atoms with E-state index in [0.717, 1.165) is 27.8 Å². The van der Waals surface area contributed by atoms with Crippen molar-refractivity contribution in [2.75, 3.05) is 4.90 Å². The summed E-state index contributed by atoms with van der Waals surface area (Å²) in [6.45, 7) is 9.59. The lowest BCUT2D eigenvalue weighted by molar-refractivity contribution is 0.454. The van der Waals surface area contributed by atoms with Crippen molar-refractivity contribution < 1.29 is 20.1 Å². The summed E-state index contributed by atoms with van der Waals surface area (Å²) in [5, 5.41) is 32.2. The molecule has 0 unspecified atom stereocenters. The summed E-state index contributed by atoms with van der Waals surface area (Å²) in [6.07, 6.45) is 0. The number of aromatic hydroxyl groups is 3. The predicted molar refractivity (Wildman–Crippen MR) is 136 cm³/mol. The van der Waals surface area contributed by atoms with Crippen molar-refractivity contribution in [3.05, 3.63) is 94.5 Å². The second kappa shape index (κ2) is 9.02. The molecule has 0 aliphatic rings. The third kappa shape index (κ3) is 4.50. The molecular weight excluding hydrogens is 426 g/mol. The van der Waals surface area contributed by atoms with E-state index in [4.69, 9.17) is 4.74 Å². The van der Waals surface area contributed by atoms with Gasteiger partial charge in [0.1, 0.15) is 23.0 Å². The normalized spacial score (nSPS) is 10.9. The molecule has 4 rings (SSSR count). The van der Waals surface area contributed by atoms with Gasteiger partial charge in [-0.1, -0.05) is 24.3 Å². The molecule has 5 nitrogen and oxygen atoms in total. The minimum absolute atomic E-state index is 0.0971. The van der Waals surface area contributed by atoms with Crippen molar-refractivity contribution in [1.29, 1.82) is 0 Å². The fourth-order valence-electron chi connectivity index (χ4n) is 4.45. The van der Waals surface area contributed by atoms with Crippen molar-refractivity contribution in [2.24, 2.45) is 0 Å². The fraction of sp³-hybridized carbons (Fsp3) is 0.172. The minimum Gasteiger partial charge on any atom is -0.508 e. The quantitative estimate of drug-likeness (QED) is 0.289. The standard InChI is InChI=1S/C29H29NO4/c1-17-10-20(4)28(25(32)14-17)30(29-21(5)11-18(2)15-26(29)33)24-8-6-7-9-27(24)34-23-13-19(3)12-22(31)16-23/h6-16,31-33H,1-5H3. The zero-order valence-electron chi connectivity index (χ0n) is 20.0. The highest BCUT2D eigenvalue weighted by Gasteiger charge is 2.26. The highest BCUT2D eigenvalue weighted by atomic mass is 16.5. The number of hydrogen-bond acceptors (Lipinski definition) is 5. The van der Waals surface area contributed by atoms with E-state index in [1.165, 1.54) is 0 Å². The van der Waals surface area contributed by atoms with Crippen LogP contribution in [0.25, 0.3) is 0 Å². The van der Waals surface area contributed by atoms with Crippen LogP contribution in [0.15, 0.2) is 66.7 Å². The van der Waals surface area contributed by atoms with Crippen LogP contribution in [0.3, 0.4) is 0 Å². The maximum atomic E-state index is 11.1. The Hall–Kier alpha value is -4.12. The Bertz CT molecular complexity index is 1250. The number of phenols is 3. The first kappa shape index (κ1) is 23.1. The third-order valence-corrected chi connectivity index (χ3v) is 5.67. The lowest BCUT2D eigenvalue weighted by Crippen LogP contribution is -2.14. The molecule has 0 aromatic heterocycles. The number of phenolic OH excluding ortho intramolecular Hbond substituents is 3. The van der Waals surface area contributed by atoms with E-state index in [1.807, 2.05) is 82.0 Å². The molecule has 0 bridgehead atoms. The molecule has 0 fully saturated rings. The smallest absolute Gasteiger partial charge is 0.151 e. The number of anilines is 3. The highest BCUT2D eigenvalue weighted by molar-refractivity contribution is 5.88. The Morgan fingerprint density at radius 2 is 1.15 bits per heavy atom. The van der Waals surface area contributed by atoms with Gasteiger partial charge in [-0.25, -0.2) is 0 Å². The van der Waals surface area contributed by atoms with Gasteiger partial charge in [0.25, 0.3) is 0 Å². The SMILES string of the molecule is Cc1cc(O)cc(Oc2ccccc2N(c2c(C)cc(C)cc2O)c2c(C)cc(C)cc2O)c1. The molecule has 4 aromatic rings. The first-order valence-corrected chi connectivity index (χ1v) is 11.1. The van der Waals surface area contributed by atoms with Crippen molar-refractivity contribution in [1.82, 2.24) is 0 Å². The zero-order chi connectivity index (χ0) is 24.6. The fourth-order valence-corrected chi connectivity index (χ4v) is 4.45. The Balaban J connectivity index is 1.98. The summed E-state index contributed by atoms with van der Waals surface area (Å²) < 4.78 is 6.24. The Morgan fingerprint density at radius 1 is 0.618 bits per heavy atom. The zero-order valence-corrected chi connectivity index (χ0v) is 20.0. The van der Waals surface area contributed by atoms with Gasteiger partial charge < -0.3 is 20.1 Å². The lowest BCUT2D eigenvalue weighted by Gasteiger charge is -2.31. The summed E-state index contributed by atoms with van der Waals surface area (Å²) in [6, 6.07) is 19.9. The number of para-hydroxylation sites is 2. The maximum absolute atomic E-state index is 11.1. The molecule has 0 heterocycles. The van der Waals surface area contributed by atoms with E-state index >= 15 is 0 Å². The van der Waals surface area contributed by atoms with Crippen molar-refractivity contribution >= 4 is 17.1 Å². The number of nitrogens with zero attached hydrogens (tertiary/aromatic N) is 1. The van der Waals surface area contributed by atoms with Crippen LogP contribution in [0.2, 0.25) is 0 Å². The van der Waals surface area contributed by atoms with E-state index < -0.39 is 0 Å². The minimum atomic E-state index is 0.0971. The molecule has 0 aliphatic carbocycles. The molecule has 4 aromatic carbocycles. The van der Waals surface area contributed by atoms with E-state index in [-0.39, 0.29) is 17.2 Å². The van der Waals surface area contributed by atoms with Crippen LogP contribution in [0, 0.1) is 34.6 Å². The van der Waals surface area contributed by atoms with Gasteiger partial charge in [-0.15, -0.1) is 0 Å². The first-order valence-electron chi connectivity index (χ1n) is 11.1. The number of rotatable bonds is 5. The Labute approximate surface area is 200 Å². The van der Waals surface area contributed by atoms with Crippen molar-refractivity contribution in [3.8, 4) is 28.7 Å². The Morgan fingerprint density at radius 3 is 1.68 bits per heavy atom. The summed E-state index contributed by atoms with van der Waals surface area (Å²) in [7, 11) is 0. The molecule has 5 heteroatoms. The molecule has 0 saturated carbocycles. The van der Waals surface area contributed by atoms with Crippen LogP contribution in [-0.2, 0) is 0 Å². The largest absolute Gasteiger partial charge is 0.508 e. The van der Waals surface area contributed by atoms with Gasteiger partial charge in [0.15, 0.2) is 5.75 Å². The van der Waals surface area contributed by atoms with Crippen LogP contribution in [0.1, 0.15) is 27.8 Å². The molecule has 174 valence electrons. The summed E-state index contributed by atoms with van der Waals surface area (Å²) in [5.41, 5.74) is 6.16. The van der Waals surface area contributed by atoms with Crippen LogP contribution < -0.4 is 9.64 Å². The average molecular weight is 456 g/mol. The number of benzene rings is 4. The third-order valence-electron chi connectivity index (χ3n) is 5.67. The lowest BCUT2D eigenvalue weighted by atomic mass is 10.0. The van der Waals surface area contributed by atoms with Crippen LogP contribution in [0.4, 0.5) is 17.1 Å². The molecule has 0 amide bonds. The Kier molecular flexibility index (Phi) is 6.12. The van der Waals surface area contributed by atoms with Gasteiger partial charge in [0.2, 0.25) is 0 Å². The number of hydrogen-bond donors (Lipinski definition) is 3. The molecule has 0 saturated heterocycles. The predicted octanol–water partition coefficient (Wildman–Crippen LogP) is 7.61. The second-order valence-electron chi connectivity index (χ2n) is 8.81. The molecule has 3 N–H and O–H groups in total. The van der Waals surface area contributed by atoms with Crippen LogP contribution >= 0.6 is 0 Å². The van der Waals surface area contributed by atoms with Crippen molar-refractivity contribution in [3.63, 3.8) is 0 Å². The highest BCUT2D eigenvalue weighted by Crippen LogP contribution is 2.50. The second-order valence-corrected chi connectivity index (χ2v) is 8.81. The van der Waals surface area contributed by atoms with Gasteiger partial charge >= 0.3 is 0 Å². The summed E-state index contributed by atoms with van der Waals surface area (Å²) in [4.78, 5) is 1.83. The first-order chi connectivity index (χ1) is 16.1. The average Bonchev–Trinajstić information content (AvgIpc) is 2.71. The molecule has 0 radical (unpaired) electrons. The molecule has 34 heavy (non-hydrogen) atoms. The van der Waals surface area contributed by atoms with Gasteiger partial charge in [-0.05, 0) is 98.8 Å². The summed E-state index contributed by atoms with van der Waals surface area (Å²) in [5.74, 6) is 1.30. The molecule has 0 aliphatic heterocycles. The maximum Gasteiger partial charge on any atom is 0.151 e. The van der Waals surface area contributed by atoms with E-state index in [9.17, 15) is 15.3 Å². The number of aryl methyl sites for hydroxylation is 5. The van der Waals surface area contributed by atoms with E-state index in [0.29, 0.717) is 28.6 Å². The van der Waals surface area contributed by atoms with Crippen LogP contribution in [-0.4, -0.2) is 15.3 Å². The monoisotopic (exact) mass is 455 g/mol. The van der Waals surface area contributed by atoms with Crippen molar-refractivity contribution in [2.45, 2.75) is 34.6 Å².